The number of aromatic nitrogens is 1. The molecule has 1 N–H and O–H groups in total. The summed E-state index contributed by atoms with van der Waals surface area (Å²) in [6, 6.07) is 8.62. The molecule has 0 aliphatic rings. The Balaban J connectivity index is 2.30. The van der Waals surface area contributed by atoms with Crippen LogP contribution in [0.1, 0.15) is 10.7 Å². The van der Waals surface area contributed by atoms with E-state index in [4.69, 9.17) is 0 Å². The summed E-state index contributed by atoms with van der Waals surface area (Å²) in [6.45, 7) is 2.91. The third-order valence-corrected chi connectivity index (χ3v) is 4.02. The summed E-state index contributed by atoms with van der Waals surface area (Å²) in [7, 11) is 6.05. The van der Waals surface area contributed by atoms with Gasteiger partial charge in [0.25, 0.3) is 0 Å². The molecular weight excluding hydrogens is 242 g/mol. The minimum Gasteiger partial charge on any atom is -0.378 e. The predicted molar refractivity (Wildman–Crippen MR) is 79.4 cm³/mol. The van der Waals surface area contributed by atoms with Crippen molar-refractivity contribution in [3.8, 4) is 10.4 Å². The van der Waals surface area contributed by atoms with Crippen LogP contribution in [0.15, 0.2) is 24.3 Å². The molecule has 3 nitrogen and oxygen atoms in total. The molecule has 1 aromatic heterocycles. The smallest absolute Gasteiger partial charge is 0.107 e. The molecule has 2 rings (SSSR count). The quantitative estimate of drug-likeness (QED) is 0.917. The molecule has 18 heavy (non-hydrogen) atoms. The predicted octanol–water partition coefficient (Wildman–Crippen LogP) is 2.90. The molecular formula is C14H19N3S. The first-order chi connectivity index (χ1) is 8.61. The lowest BCUT2D eigenvalue weighted by atomic mass is 10.1. The van der Waals surface area contributed by atoms with Crippen LogP contribution in [-0.2, 0) is 6.54 Å². The third-order valence-electron chi connectivity index (χ3n) is 2.81. The van der Waals surface area contributed by atoms with E-state index in [1.807, 2.05) is 7.05 Å². The van der Waals surface area contributed by atoms with Gasteiger partial charge in [-0.05, 0) is 31.7 Å². The Bertz CT molecular complexity index is 514. The first kappa shape index (κ1) is 13.1. The second-order valence-electron chi connectivity index (χ2n) is 4.49. The standard InChI is InChI=1S/C14H19N3S/c1-10-14(18-13(16-10)9-15-2)11-5-7-12(8-6-11)17(3)4/h5-8,15H,9H2,1-4H3. The molecule has 0 aliphatic carbocycles. The van der Waals surface area contributed by atoms with Crippen LogP contribution in [0.5, 0.6) is 0 Å². The zero-order valence-corrected chi connectivity index (χ0v) is 12.1. The van der Waals surface area contributed by atoms with Crippen LogP contribution in [-0.4, -0.2) is 26.1 Å². The topological polar surface area (TPSA) is 28.2 Å². The van der Waals surface area contributed by atoms with Crippen molar-refractivity contribution in [3.63, 3.8) is 0 Å². The molecule has 0 saturated carbocycles. The van der Waals surface area contributed by atoms with Crippen molar-refractivity contribution in [1.29, 1.82) is 0 Å². The van der Waals surface area contributed by atoms with Crippen LogP contribution in [0, 0.1) is 6.92 Å². The minimum atomic E-state index is 0.835. The second-order valence-corrected chi connectivity index (χ2v) is 5.58. The summed E-state index contributed by atoms with van der Waals surface area (Å²) in [5, 5.41) is 4.28. The third kappa shape index (κ3) is 2.71. The molecule has 0 saturated heterocycles. The Morgan fingerprint density at radius 2 is 1.89 bits per heavy atom. The number of nitrogens with zero attached hydrogens (tertiary/aromatic N) is 2. The van der Waals surface area contributed by atoms with E-state index in [-0.39, 0.29) is 0 Å². The van der Waals surface area contributed by atoms with Gasteiger partial charge in [0.05, 0.1) is 10.6 Å². The number of hydrogen-bond donors (Lipinski definition) is 1. The number of nitrogens with one attached hydrogen (secondary N) is 1. The highest BCUT2D eigenvalue weighted by Crippen LogP contribution is 2.31. The highest BCUT2D eigenvalue weighted by Gasteiger charge is 2.09. The minimum absolute atomic E-state index is 0.835. The number of anilines is 1. The van der Waals surface area contributed by atoms with Crippen LogP contribution >= 0.6 is 11.3 Å². The Labute approximate surface area is 112 Å². The summed E-state index contributed by atoms with van der Waals surface area (Å²) < 4.78 is 0. The summed E-state index contributed by atoms with van der Waals surface area (Å²) in [5.41, 5.74) is 3.58. The Hall–Kier alpha value is -1.39. The molecule has 96 valence electrons. The molecule has 0 spiro atoms. The molecule has 0 bridgehead atoms. The number of hydrogen-bond acceptors (Lipinski definition) is 4. The van der Waals surface area contributed by atoms with Crippen LogP contribution in [0.25, 0.3) is 10.4 Å². The summed E-state index contributed by atoms with van der Waals surface area (Å²) in [5.74, 6) is 0. The molecule has 0 radical (unpaired) electrons. The van der Waals surface area contributed by atoms with E-state index in [0.29, 0.717) is 0 Å². The summed E-state index contributed by atoms with van der Waals surface area (Å²) >= 11 is 1.76. The Kier molecular flexibility index (Phi) is 3.99. The van der Waals surface area contributed by atoms with Crippen molar-refractivity contribution < 1.29 is 0 Å². The van der Waals surface area contributed by atoms with Gasteiger partial charge in [-0.15, -0.1) is 11.3 Å². The maximum absolute atomic E-state index is 4.58. The van der Waals surface area contributed by atoms with Gasteiger partial charge in [0.15, 0.2) is 0 Å². The van der Waals surface area contributed by atoms with Crippen molar-refractivity contribution in [1.82, 2.24) is 10.3 Å². The van der Waals surface area contributed by atoms with Gasteiger partial charge in [-0.3, -0.25) is 0 Å². The van der Waals surface area contributed by atoms with Crippen LogP contribution in [0.3, 0.4) is 0 Å². The fraction of sp³-hybridized carbons (Fsp3) is 0.357. The average molecular weight is 261 g/mol. The first-order valence-electron chi connectivity index (χ1n) is 6.00. The van der Waals surface area contributed by atoms with Gasteiger partial charge in [-0.25, -0.2) is 4.98 Å². The van der Waals surface area contributed by atoms with Crippen LogP contribution < -0.4 is 10.2 Å². The van der Waals surface area contributed by atoms with Gasteiger partial charge in [0.2, 0.25) is 0 Å². The van der Waals surface area contributed by atoms with E-state index in [1.165, 1.54) is 16.1 Å². The van der Waals surface area contributed by atoms with Gasteiger partial charge in [-0.1, -0.05) is 12.1 Å². The normalized spacial score (nSPS) is 10.7. The van der Waals surface area contributed by atoms with Gasteiger partial charge in [-0.2, -0.15) is 0 Å². The summed E-state index contributed by atoms with van der Waals surface area (Å²) in [6.07, 6.45) is 0. The van der Waals surface area contributed by atoms with E-state index in [1.54, 1.807) is 11.3 Å². The summed E-state index contributed by atoms with van der Waals surface area (Å²) in [4.78, 5) is 7.96. The second kappa shape index (κ2) is 5.50. The first-order valence-corrected chi connectivity index (χ1v) is 6.82. The molecule has 2 aromatic rings. The molecule has 1 aromatic carbocycles. The lowest BCUT2D eigenvalue weighted by molar-refractivity contribution is 0.807. The molecule has 0 atom stereocenters. The SMILES string of the molecule is CNCc1nc(C)c(-c2ccc(N(C)C)cc2)s1. The fourth-order valence-electron chi connectivity index (χ4n) is 1.86. The Morgan fingerprint density at radius 1 is 1.22 bits per heavy atom. The fourth-order valence-corrected chi connectivity index (χ4v) is 2.94. The van der Waals surface area contributed by atoms with Crippen molar-refractivity contribution >= 4 is 17.0 Å². The highest BCUT2D eigenvalue weighted by atomic mass is 32.1. The van der Waals surface area contributed by atoms with Crippen molar-refractivity contribution in [3.05, 3.63) is 35.0 Å². The van der Waals surface area contributed by atoms with Crippen LogP contribution in [0.2, 0.25) is 0 Å². The van der Waals surface area contributed by atoms with Crippen molar-refractivity contribution in [2.45, 2.75) is 13.5 Å². The monoisotopic (exact) mass is 261 g/mol. The maximum Gasteiger partial charge on any atom is 0.107 e. The molecule has 0 amide bonds. The molecule has 0 aliphatic heterocycles. The molecule has 0 unspecified atom stereocenters. The molecule has 1 heterocycles. The lowest BCUT2D eigenvalue weighted by Gasteiger charge is -2.12. The number of benzene rings is 1. The molecule has 0 fully saturated rings. The van der Waals surface area contributed by atoms with Crippen LogP contribution in [0.4, 0.5) is 5.69 Å². The number of aryl methyl sites for hydroxylation is 1. The highest BCUT2D eigenvalue weighted by molar-refractivity contribution is 7.15. The number of rotatable bonds is 4. The zero-order valence-electron chi connectivity index (χ0n) is 11.3. The van der Waals surface area contributed by atoms with Gasteiger partial charge in [0.1, 0.15) is 5.01 Å². The van der Waals surface area contributed by atoms with E-state index < -0.39 is 0 Å². The van der Waals surface area contributed by atoms with Gasteiger partial charge >= 0.3 is 0 Å². The van der Waals surface area contributed by atoms with E-state index in [0.717, 1.165) is 17.2 Å². The molecule has 4 heteroatoms. The van der Waals surface area contributed by atoms with E-state index >= 15 is 0 Å². The van der Waals surface area contributed by atoms with Gasteiger partial charge < -0.3 is 10.2 Å². The van der Waals surface area contributed by atoms with Crippen molar-refractivity contribution in [2.75, 3.05) is 26.0 Å². The largest absolute Gasteiger partial charge is 0.378 e. The Morgan fingerprint density at radius 3 is 2.44 bits per heavy atom. The number of thiazole rings is 1. The van der Waals surface area contributed by atoms with Gasteiger partial charge in [0, 0.05) is 26.3 Å². The maximum atomic E-state index is 4.58. The van der Waals surface area contributed by atoms with Crippen molar-refractivity contribution in [2.24, 2.45) is 0 Å². The van der Waals surface area contributed by atoms with E-state index in [2.05, 4.69) is 60.5 Å². The lowest BCUT2D eigenvalue weighted by Crippen LogP contribution is -2.07. The zero-order chi connectivity index (χ0) is 13.1. The van der Waals surface area contributed by atoms with E-state index in [9.17, 15) is 0 Å². The average Bonchev–Trinajstić information content (AvgIpc) is 2.71.